The van der Waals surface area contributed by atoms with Crippen molar-refractivity contribution in [3.05, 3.63) is 35.4 Å². The van der Waals surface area contributed by atoms with Gasteiger partial charge in [-0.3, -0.25) is 4.90 Å². The highest BCUT2D eigenvalue weighted by atomic mass is 16.5. The number of morpholine rings is 1. The molecule has 2 rings (SSSR count). The van der Waals surface area contributed by atoms with Gasteiger partial charge in [-0.25, -0.2) is 0 Å². The molecule has 0 aliphatic carbocycles. The summed E-state index contributed by atoms with van der Waals surface area (Å²) in [5.74, 6) is 0.701. The summed E-state index contributed by atoms with van der Waals surface area (Å²) in [6.07, 6.45) is 0. The quantitative estimate of drug-likeness (QED) is 0.864. The maximum absolute atomic E-state index is 5.50. The first-order valence-corrected chi connectivity index (χ1v) is 7.75. The highest BCUT2D eigenvalue weighted by Gasteiger charge is 2.18. The first kappa shape index (κ1) is 15.5. The van der Waals surface area contributed by atoms with Crippen LogP contribution >= 0.6 is 0 Å². The number of ether oxygens (including phenoxy) is 1. The van der Waals surface area contributed by atoms with Crippen LogP contribution in [0.1, 0.15) is 31.9 Å². The lowest BCUT2D eigenvalue weighted by Gasteiger charge is -2.33. The number of hydrogen-bond acceptors (Lipinski definition) is 3. The van der Waals surface area contributed by atoms with Crippen LogP contribution in [0.3, 0.4) is 0 Å². The van der Waals surface area contributed by atoms with Gasteiger partial charge in [0.2, 0.25) is 0 Å². The van der Waals surface area contributed by atoms with E-state index in [2.05, 4.69) is 55.3 Å². The monoisotopic (exact) mass is 276 g/mol. The van der Waals surface area contributed by atoms with Gasteiger partial charge in [-0.15, -0.1) is 0 Å². The lowest BCUT2D eigenvalue weighted by Crippen LogP contribution is -2.42. The molecule has 1 unspecified atom stereocenters. The average Bonchev–Trinajstić information content (AvgIpc) is 2.41. The molecule has 0 spiro atoms. The Hall–Kier alpha value is -0.900. The molecule has 1 aromatic carbocycles. The van der Waals surface area contributed by atoms with Crippen molar-refractivity contribution in [1.82, 2.24) is 10.2 Å². The standard InChI is InChI=1S/C17H28N2O/c1-14(2)10-18-11-16-5-4-6-17(9-16)12-19-7-8-20-13-15(19)3/h4-6,9,14-15,18H,7-8,10-13H2,1-3H3. The number of benzene rings is 1. The molecule has 1 fully saturated rings. The third kappa shape index (κ3) is 4.89. The largest absolute Gasteiger partial charge is 0.379 e. The summed E-state index contributed by atoms with van der Waals surface area (Å²) in [4.78, 5) is 2.50. The Morgan fingerprint density at radius 1 is 1.35 bits per heavy atom. The maximum Gasteiger partial charge on any atom is 0.0619 e. The Kier molecular flexibility index (Phi) is 6.02. The van der Waals surface area contributed by atoms with Crippen LogP contribution in [0.15, 0.2) is 24.3 Å². The smallest absolute Gasteiger partial charge is 0.0619 e. The Morgan fingerprint density at radius 3 is 2.90 bits per heavy atom. The van der Waals surface area contributed by atoms with Crippen LogP contribution in [-0.2, 0) is 17.8 Å². The minimum Gasteiger partial charge on any atom is -0.379 e. The summed E-state index contributed by atoms with van der Waals surface area (Å²) < 4.78 is 5.50. The summed E-state index contributed by atoms with van der Waals surface area (Å²) in [6.45, 7) is 12.5. The fraction of sp³-hybridized carbons (Fsp3) is 0.647. The van der Waals surface area contributed by atoms with Crippen molar-refractivity contribution >= 4 is 0 Å². The highest BCUT2D eigenvalue weighted by Crippen LogP contribution is 2.13. The fourth-order valence-corrected chi connectivity index (χ4v) is 2.57. The SMILES string of the molecule is CC(C)CNCc1cccc(CN2CCOCC2C)c1. The van der Waals surface area contributed by atoms with E-state index in [1.54, 1.807) is 0 Å². The molecule has 20 heavy (non-hydrogen) atoms. The summed E-state index contributed by atoms with van der Waals surface area (Å²) in [6, 6.07) is 9.46. The van der Waals surface area contributed by atoms with Crippen LogP contribution in [-0.4, -0.2) is 37.2 Å². The van der Waals surface area contributed by atoms with Crippen molar-refractivity contribution in [3.63, 3.8) is 0 Å². The second-order valence-corrected chi connectivity index (χ2v) is 6.24. The number of nitrogens with zero attached hydrogens (tertiary/aromatic N) is 1. The van der Waals surface area contributed by atoms with Crippen molar-refractivity contribution in [2.75, 3.05) is 26.3 Å². The van der Waals surface area contributed by atoms with Crippen LogP contribution in [0, 0.1) is 5.92 Å². The molecular weight excluding hydrogens is 248 g/mol. The van der Waals surface area contributed by atoms with Crippen molar-refractivity contribution < 1.29 is 4.74 Å². The summed E-state index contributed by atoms with van der Waals surface area (Å²) in [7, 11) is 0. The molecule has 1 aliphatic rings. The van der Waals surface area contributed by atoms with Gasteiger partial charge in [0.05, 0.1) is 13.2 Å². The molecule has 112 valence electrons. The molecule has 0 aromatic heterocycles. The van der Waals surface area contributed by atoms with Crippen molar-refractivity contribution in [2.24, 2.45) is 5.92 Å². The third-order valence-electron chi connectivity index (χ3n) is 3.76. The van der Waals surface area contributed by atoms with E-state index in [0.717, 1.165) is 39.4 Å². The molecule has 1 aromatic rings. The minimum atomic E-state index is 0.520. The lowest BCUT2D eigenvalue weighted by atomic mass is 10.1. The Labute approximate surface area is 123 Å². The van der Waals surface area contributed by atoms with Gasteiger partial charge in [0, 0.05) is 25.7 Å². The molecule has 0 bridgehead atoms. The van der Waals surface area contributed by atoms with Gasteiger partial charge >= 0.3 is 0 Å². The number of hydrogen-bond donors (Lipinski definition) is 1. The van der Waals surface area contributed by atoms with Gasteiger partial charge in [0.15, 0.2) is 0 Å². The van der Waals surface area contributed by atoms with E-state index < -0.39 is 0 Å². The van der Waals surface area contributed by atoms with Gasteiger partial charge in [-0.1, -0.05) is 38.1 Å². The van der Waals surface area contributed by atoms with Crippen LogP contribution in [0.5, 0.6) is 0 Å². The first-order valence-electron chi connectivity index (χ1n) is 7.75. The molecule has 0 amide bonds. The molecule has 1 saturated heterocycles. The van der Waals surface area contributed by atoms with Crippen molar-refractivity contribution in [1.29, 1.82) is 0 Å². The zero-order valence-corrected chi connectivity index (χ0v) is 13.1. The Bertz CT molecular complexity index is 406. The van der Waals surface area contributed by atoms with E-state index in [4.69, 9.17) is 4.74 Å². The zero-order valence-electron chi connectivity index (χ0n) is 13.1. The predicted octanol–water partition coefficient (Wildman–Crippen LogP) is 2.65. The van der Waals surface area contributed by atoms with Gasteiger partial charge in [-0.05, 0) is 30.5 Å². The van der Waals surface area contributed by atoms with E-state index in [-0.39, 0.29) is 0 Å². The minimum absolute atomic E-state index is 0.520. The Morgan fingerprint density at radius 2 is 2.15 bits per heavy atom. The molecule has 3 heteroatoms. The number of rotatable bonds is 6. The molecule has 1 atom stereocenters. The summed E-state index contributed by atoms with van der Waals surface area (Å²) in [5, 5.41) is 3.51. The normalized spacial score (nSPS) is 20.5. The highest BCUT2D eigenvalue weighted by molar-refractivity contribution is 5.23. The van der Waals surface area contributed by atoms with Gasteiger partial charge in [-0.2, -0.15) is 0 Å². The van der Waals surface area contributed by atoms with E-state index in [9.17, 15) is 0 Å². The fourth-order valence-electron chi connectivity index (χ4n) is 2.57. The van der Waals surface area contributed by atoms with Crippen molar-refractivity contribution in [3.8, 4) is 0 Å². The van der Waals surface area contributed by atoms with Crippen molar-refractivity contribution in [2.45, 2.75) is 39.9 Å². The van der Waals surface area contributed by atoms with Crippen LogP contribution in [0.4, 0.5) is 0 Å². The average molecular weight is 276 g/mol. The molecule has 1 aliphatic heterocycles. The Balaban J connectivity index is 1.88. The molecule has 3 nitrogen and oxygen atoms in total. The molecule has 0 saturated carbocycles. The zero-order chi connectivity index (χ0) is 14.4. The van der Waals surface area contributed by atoms with E-state index in [0.29, 0.717) is 12.0 Å². The summed E-state index contributed by atoms with van der Waals surface area (Å²) >= 11 is 0. The molecule has 1 N–H and O–H groups in total. The second kappa shape index (κ2) is 7.77. The van der Waals surface area contributed by atoms with Crippen LogP contribution in [0.25, 0.3) is 0 Å². The van der Waals surface area contributed by atoms with E-state index in [1.807, 2.05) is 0 Å². The third-order valence-corrected chi connectivity index (χ3v) is 3.76. The van der Waals surface area contributed by atoms with E-state index in [1.165, 1.54) is 11.1 Å². The summed E-state index contributed by atoms with van der Waals surface area (Å²) in [5.41, 5.74) is 2.78. The van der Waals surface area contributed by atoms with Gasteiger partial charge in [0.25, 0.3) is 0 Å². The second-order valence-electron chi connectivity index (χ2n) is 6.24. The molecule has 0 radical (unpaired) electrons. The van der Waals surface area contributed by atoms with Crippen LogP contribution in [0.2, 0.25) is 0 Å². The number of nitrogens with one attached hydrogen (secondary N) is 1. The molecular formula is C17H28N2O. The predicted molar refractivity (Wildman–Crippen MR) is 83.7 cm³/mol. The van der Waals surface area contributed by atoms with E-state index >= 15 is 0 Å². The molecule has 1 heterocycles. The maximum atomic E-state index is 5.50. The van der Waals surface area contributed by atoms with Gasteiger partial charge < -0.3 is 10.1 Å². The van der Waals surface area contributed by atoms with Crippen LogP contribution < -0.4 is 5.32 Å². The first-order chi connectivity index (χ1) is 9.65. The van der Waals surface area contributed by atoms with Gasteiger partial charge in [0.1, 0.15) is 0 Å². The topological polar surface area (TPSA) is 24.5 Å². The lowest BCUT2D eigenvalue weighted by molar-refractivity contribution is -0.00437.